The van der Waals surface area contributed by atoms with Gasteiger partial charge < -0.3 is 4.90 Å². The lowest BCUT2D eigenvalue weighted by atomic mass is 9.93. The fourth-order valence-electron chi connectivity index (χ4n) is 5.67. The fraction of sp³-hybridized carbons (Fsp3) is 0.100. The van der Waals surface area contributed by atoms with E-state index in [-0.39, 0.29) is 0 Å². The lowest BCUT2D eigenvalue weighted by molar-refractivity contribution is 1.18. The molecule has 6 rings (SSSR count). The van der Waals surface area contributed by atoms with Gasteiger partial charge in [-0.1, -0.05) is 121 Å². The van der Waals surface area contributed by atoms with Crippen LogP contribution in [0.1, 0.15) is 34.7 Å². The maximum Gasteiger partial charge on any atom is 0.0408 e. The van der Waals surface area contributed by atoms with E-state index in [2.05, 4.69) is 171 Å². The van der Waals surface area contributed by atoms with Gasteiger partial charge in [0.1, 0.15) is 0 Å². The number of rotatable bonds is 7. The van der Waals surface area contributed by atoms with Crippen molar-refractivity contribution in [1.29, 1.82) is 0 Å². The predicted octanol–water partition coefficient (Wildman–Crippen LogP) is 10.8. The molecule has 6 aromatic rings. The minimum atomic E-state index is 0.909. The van der Waals surface area contributed by atoms with Crippen molar-refractivity contribution in [2.24, 2.45) is 0 Å². The second-order valence-corrected chi connectivity index (χ2v) is 10.7. The predicted molar refractivity (Wildman–Crippen MR) is 179 cm³/mol. The molecule has 0 bridgehead atoms. The summed E-state index contributed by atoms with van der Waals surface area (Å²) < 4.78 is 0. The van der Waals surface area contributed by atoms with E-state index in [9.17, 15) is 0 Å². The van der Waals surface area contributed by atoms with Crippen LogP contribution in [0.2, 0.25) is 0 Å². The Bertz CT molecular complexity index is 1870. The van der Waals surface area contributed by atoms with Crippen molar-refractivity contribution in [3.05, 3.63) is 167 Å². The molecular formula is C40H35N. The summed E-state index contributed by atoms with van der Waals surface area (Å²) in [6, 6.07) is 46.1. The molecule has 41 heavy (non-hydrogen) atoms. The summed E-state index contributed by atoms with van der Waals surface area (Å²) in [4.78, 5) is 2.25. The van der Waals surface area contributed by atoms with Crippen LogP contribution in [0.4, 0.5) is 11.4 Å². The number of allylic oxidation sites excluding steroid dienone is 3. The number of anilines is 2. The van der Waals surface area contributed by atoms with E-state index in [1.807, 2.05) is 0 Å². The number of fused-ring (bicyclic) bond motifs is 3. The number of hydrogen-bond donors (Lipinski definition) is 0. The molecule has 0 spiro atoms. The highest BCUT2D eigenvalue weighted by Crippen LogP contribution is 2.31. The molecule has 1 nitrogen and oxygen atoms in total. The van der Waals surface area contributed by atoms with E-state index in [0.717, 1.165) is 6.42 Å². The molecule has 0 aliphatic carbocycles. The van der Waals surface area contributed by atoms with Crippen molar-refractivity contribution in [1.82, 2.24) is 0 Å². The van der Waals surface area contributed by atoms with Crippen molar-refractivity contribution >= 4 is 44.6 Å². The number of nitrogens with zero attached hydrogens (tertiary/aromatic N) is 1. The van der Waals surface area contributed by atoms with Gasteiger partial charge in [-0.3, -0.25) is 0 Å². The first-order valence-electron chi connectivity index (χ1n) is 14.3. The van der Waals surface area contributed by atoms with Gasteiger partial charge in [-0.15, -0.1) is 0 Å². The molecule has 6 aromatic carbocycles. The molecule has 200 valence electrons. The van der Waals surface area contributed by atoms with E-state index < -0.39 is 0 Å². The van der Waals surface area contributed by atoms with Crippen molar-refractivity contribution < 1.29 is 0 Å². The van der Waals surface area contributed by atoms with Crippen LogP contribution >= 0.6 is 0 Å². The van der Waals surface area contributed by atoms with Crippen molar-refractivity contribution in [3.63, 3.8) is 0 Å². The van der Waals surface area contributed by atoms with Crippen molar-refractivity contribution in [3.8, 4) is 0 Å². The van der Waals surface area contributed by atoms with Crippen LogP contribution in [0.3, 0.4) is 0 Å². The summed E-state index contributed by atoms with van der Waals surface area (Å²) in [5, 5.41) is 5.28. The third-order valence-corrected chi connectivity index (χ3v) is 8.10. The van der Waals surface area contributed by atoms with Crippen LogP contribution in [-0.2, 0) is 6.42 Å². The molecular weight excluding hydrogens is 494 g/mol. The van der Waals surface area contributed by atoms with E-state index in [0.29, 0.717) is 0 Å². The second-order valence-electron chi connectivity index (χ2n) is 10.7. The molecule has 0 amide bonds. The highest BCUT2D eigenvalue weighted by Gasteiger charge is 2.09. The molecule has 0 fully saturated rings. The number of aryl methyl sites for hydroxylation is 1. The molecule has 0 saturated heterocycles. The van der Waals surface area contributed by atoms with Gasteiger partial charge in [0.15, 0.2) is 0 Å². The number of hydrogen-bond acceptors (Lipinski definition) is 1. The average molecular weight is 530 g/mol. The van der Waals surface area contributed by atoms with Crippen LogP contribution in [0, 0.1) is 6.92 Å². The normalized spacial score (nSPS) is 11.9. The van der Waals surface area contributed by atoms with Crippen molar-refractivity contribution in [2.45, 2.75) is 20.3 Å². The highest BCUT2D eigenvalue weighted by atomic mass is 15.1. The molecule has 0 aliphatic heterocycles. The summed E-state index contributed by atoms with van der Waals surface area (Å²) >= 11 is 0. The fourth-order valence-corrected chi connectivity index (χ4v) is 5.67. The van der Waals surface area contributed by atoms with Gasteiger partial charge in [0.05, 0.1) is 0 Å². The maximum absolute atomic E-state index is 2.36. The first kappa shape index (κ1) is 26.3. The molecule has 0 N–H and O–H groups in total. The van der Waals surface area contributed by atoms with E-state index in [4.69, 9.17) is 0 Å². The maximum atomic E-state index is 2.36. The quantitative estimate of drug-likeness (QED) is 0.147. The topological polar surface area (TPSA) is 3.24 Å². The van der Waals surface area contributed by atoms with Gasteiger partial charge in [-0.25, -0.2) is 0 Å². The third-order valence-electron chi connectivity index (χ3n) is 8.10. The molecule has 1 heteroatoms. The third kappa shape index (κ3) is 5.58. The van der Waals surface area contributed by atoms with E-state index in [1.165, 1.54) is 66.3 Å². The van der Waals surface area contributed by atoms with E-state index in [1.54, 1.807) is 0 Å². The summed E-state index contributed by atoms with van der Waals surface area (Å²) in [5.41, 5.74) is 9.99. The second kappa shape index (κ2) is 11.7. The Morgan fingerprint density at radius 2 is 1.27 bits per heavy atom. The average Bonchev–Trinajstić information content (AvgIpc) is 3.02. The van der Waals surface area contributed by atoms with Gasteiger partial charge in [0.25, 0.3) is 0 Å². The summed E-state index contributed by atoms with van der Waals surface area (Å²) in [6.45, 7) is 4.25. The minimum absolute atomic E-state index is 0.909. The van der Waals surface area contributed by atoms with Crippen molar-refractivity contribution in [2.75, 3.05) is 11.9 Å². The van der Waals surface area contributed by atoms with E-state index >= 15 is 0 Å². The molecule has 0 saturated carbocycles. The van der Waals surface area contributed by atoms with Gasteiger partial charge in [-0.2, -0.15) is 0 Å². The zero-order valence-electron chi connectivity index (χ0n) is 24.0. The van der Waals surface area contributed by atoms with Crippen LogP contribution in [0.15, 0.2) is 140 Å². The Morgan fingerprint density at radius 1 is 0.659 bits per heavy atom. The highest BCUT2D eigenvalue weighted by molar-refractivity contribution is 6.09. The number of benzene rings is 6. The summed E-state index contributed by atoms with van der Waals surface area (Å²) in [6.07, 6.45) is 7.49. The molecule has 0 aliphatic rings. The molecule has 0 radical (unpaired) electrons. The van der Waals surface area contributed by atoms with Gasteiger partial charge in [0, 0.05) is 18.4 Å². The molecule has 0 heterocycles. The summed E-state index contributed by atoms with van der Waals surface area (Å²) in [7, 11) is 2.13. The SMILES string of the molecule is C/C=C(\C=C/c1ccccc1C)c1ccc(N(C)c2ccc(Cc3cc4ccccc4c4ccccc34)cc2)cc1. The smallest absolute Gasteiger partial charge is 0.0408 e. The van der Waals surface area contributed by atoms with Crippen LogP contribution in [0.5, 0.6) is 0 Å². The standard InChI is InChI=1S/C40H35N/c1-4-31(19-20-32-12-6-5-11-29(32)2)33-21-25-37(26-22-33)41(3)36-23-17-30(18-24-36)27-35-28-34-13-7-8-14-38(34)40-16-10-9-15-39(35)40/h4-26,28H,27H2,1-3H3/b20-19-,31-4+. The van der Waals surface area contributed by atoms with Crippen LogP contribution in [-0.4, -0.2) is 7.05 Å². The largest absolute Gasteiger partial charge is 0.345 e. The Balaban J connectivity index is 1.19. The van der Waals surface area contributed by atoms with Gasteiger partial charge in [0.2, 0.25) is 0 Å². The zero-order valence-corrected chi connectivity index (χ0v) is 24.0. The molecule has 0 aromatic heterocycles. The zero-order chi connectivity index (χ0) is 28.2. The summed E-state index contributed by atoms with van der Waals surface area (Å²) in [5.74, 6) is 0. The minimum Gasteiger partial charge on any atom is -0.345 e. The lowest BCUT2D eigenvalue weighted by Gasteiger charge is -2.20. The molecule has 0 unspecified atom stereocenters. The van der Waals surface area contributed by atoms with Crippen LogP contribution < -0.4 is 4.90 Å². The Labute approximate surface area is 243 Å². The Hall–Kier alpha value is -4.88. The molecule has 0 atom stereocenters. The Kier molecular flexibility index (Phi) is 7.52. The first-order chi connectivity index (χ1) is 20.1. The monoisotopic (exact) mass is 529 g/mol. The Morgan fingerprint density at radius 3 is 1.98 bits per heavy atom. The first-order valence-corrected chi connectivity index (χ1v) is 14.3. The van der Waals surface area contributed by atoms with Crippen LogP contribution in [0.25, 0.3) is 33.2 Å². The van der Waals surface area contributed by atoms with Gasteiger partial charge in [-0.05, 0) is 99.5 Å². The van der Waals surface area contributed by atoms with Gasteiger partial charge >= 0.3 is 0 Å². The lowest BCUT2D eigenvalue weighted by Crippen LogP contribution is -2.09.